The van der Waals surface area contributed by atoms with Crippen LogP contribution in [0.15, 0.2) is 89.7 Å². The summed E-state index contributed by atoms with van der Waals surface area (Å²) >= 11 is 5.90. The summed E-state index contributed by atoms with van der Waals surface area (Å²) in [6.07, 6.45) is -2.90. The zero-order valence-corrected chi connectivity index (χ0v) is 22.4. The number of pyridine rings is 1. The van der Waals surface area contributed by atoms with Gasteiger partial charge in [0.15, 0.2) is 0 Å². The van der Waals surface area contributed by atoms with Crippen LogP contribution in [0.5, 0.6) is 0 Å². The van der Waals surface area contributed by atoms with Crippen LogP contribution in [0.1, 0.15) is 28.8 Å². The lowest BCUT2D eigenvalue weighted by atomic mass is 9.86. The van der Waals surface area contributed by atoms with Gasteiger partial charge in [-0.25, -0.2) is 13.8 Å². The van der Waals surface area contributed by atoms with Gasteiger partial charge in [-0.15, -0.1) is 0 Å². The number of nitrogens with zero attached hydrogens (tertiary/aromatic N) is 1. The number of hydrogen-bond acceptors (Lipinski definition) is 4. The molecule has 0 radical (unpaired) electrons. The molecule has 2 aliphatic rings. The van der Waals surface area contributed by atoms with Crippen LogP contribution in [0, 0.1) is 11.7 Å². The number of carbonyl (C=O) groups is 1. The Morgan fingerprint density at radius 1 is 0.976 bits per heavy atom. The number of piperidine rings is 1. The maximum Gasteiger partial charge on any atom is 0.412 e. The largest absolute Gasteiger partial charge is 0.412 e. The van der Waals surface area contributed by atoms with Crippen LogP contribution >= 0.6 is 11.6 Å². The first-order chi connectivity index (χ1) is 19.6. The molecule has 11 heteroatoms. The molecule has 0 aliphatic carbocycles. The van der Waals surface area contributed by atoms with Gasteiger partial charge >= 0.3 is 6.18 Å². The molecule has 2 aliphatic heterocycles. The zero-order valence-electron chi connectivity index (χ0n) is 21.7. The van der Waals surface area contributed by atoms with Crippen molar-refractivity contribution in [2.24, 2.45) is 5.92 Å². The summed E-state index contributed by atoms with van der Waals surface area (Å²) in [7, 11) is 0. The predicted octanol–water partition coefficient (Wildman–Crippen LogP) is 6.48. The summed E-state index contributed by atoms with van der Waals surface area (Å²) in [4.78, 5) is 16.9. The van der Waals surface area contributed by atoms with Crippen LogP contribution in [-0.4, -0.2) is 36.2 Å². The van der Waals surface area contributed by atoms with Gasteiger partial charge in [0, 0.05) is 28.9 Å². The molecule has 2 aromatic carbocycles. The van der Waals surface area contributed by atoms with E-state index in [1.807, 2.05) is 0 Å². The molecule has 3 N–H and O–H groups in total. The Morgan fingerprint density at radius 2 is 1.61 bits per heavy atom. The lowest BCUT2D eigenvalue weighted by molar-refractivity contribution is -0.147. The third-order valence-electron chi connectivity index (χ3n) is 7.25. The molecule has 1 amide bonds. The summed E-state index contributed by atoms with van der Waals surface area (Å²) in [6.45, 7) is 1.10. The number of hydrogen-bond donors (Lipinski definition) is 3. The number of nitrogens with one attached hydrogen (secondary N) is 3. The highest BCUT2D eigenvalue weighted by Gasteiger charge is 2.47. The Morgan fingerprint density at radius 3 is 2.22 bits per heavy atom. The molecule has 5 nitrogen and oxygen atoms in total. The second-order valence-electron chi connectivity index (χ2n) is 9.97. The van der Waals surface area contributed by atoms with Gasteiger partial charge in [-0.2, -0.15) is 13.2 Å². The number of dihydropyridines is 1. The number of carbonyl (C=O) groups excluding carboxylic acids is 1. The van der Waals surface area contributed by atoms with E-state index < -0.39 is 35.4 Å². The predicted molar refractivity (Wildman–Crippen MR) is 146 cm³/mol. The van der Waals surface area contributed by atoms with E-state index in [9.17, 15) is 22.4 Å². The molecule has 0 bridgehead atoms. The second-order valence-corrected chi connectivity index (χ2v) is 10.4. The van der Waals surface area contributed by atoms with Crippen molar-refractivity contribution in [3.8, 4) is 11.1 Å². The molecule has 1 atom stereocenters. The quantitative estimate of drug-likeness (QED) is 0.228. The maximum absolute atomic E-state index is 16.3. The minimum Gasteiger partial charge on any atom is -0.372 e. The summed E-state index contributed by atoms with van der Waals surface area (Å²) in [6, 6.07) is 12.8. The van der Waals surface area contributed by atoms with E-state index in [0.717, 1.165) is 11.1 Å². The Bertz CT molecular complexity index is 1480. The first-order valence-corrected chi connectivity index (χ1v) is 13.4. The third-order valence-corrected chi connectivity index (χ3v) is 7.45. The minimum atomic E-state index is -4.80. The molecule has 3 aromatic rings. The fraction of sp³-hybridized carbons (Fsp3) is 0.267. The summed E-state index contributed by atoms with van der Waals surface area (Å²) < 4.78 is 72.7. The zero-order chi connectivity index (χ0) is 29.1. The van der Waals surface area contributed by atoms with Crippen molar-refractivity contribution >= 4 is 17.5 Å². The monoisotopic (exact) mass is 588 g/mol. The van der Waals surface area contributed by atoms with Crippen molar-refractivity contribution in [3.05, 3.63) is 112 Å². The normalized spacial score (nSPS) is 18.3. The summed E-state index contributed by atoms with van der Waals surface area (Å²) in [5.74, 6) is -2.64. The topological polar surface area (TPSA) is 66.1 Å². The Balaban J connectivity index is 1.52. The number of halogens is 6. The maximum atomic E-state index is 16.3. The van der Waals surface area contributed by atoms with Crippen molar-refractivity contribution in [1.29, 1.82) is 0 Å². The van der Waals surface area contributed by atoms with Crippen LogP contribution < -0.4 is 16.0 Å². The van der Waals surface area contributed by atoms with Crippen LogP contribution in [-0.2, 0) is 6.42 Å². The lowest BCUT2D eigenvalue weighted by Gasteiger charge is -2.37. The van der Waals surface area contributed by atoms with Crippen molar-refractivity contribution in [2.45, 2.75) is 31.5 Å². The van der Waals surface area contributed by atoms with Gasteiger partial charge in [0.05, 0.1) is 5.70 Å². The smallest absolute Gasteiger partial charge is 0.372 e. The highest BCUT2D eigenvalue weighted by molar-refractivity contribution is 6.29. The van der Waals surface area contributed by atoms with E-state index in [2.05, 4.69) is 20.9 Å². The third kappa shape index (κ3) is 6.60. The average Bonchev–Trinajstić information content (AvgIpc) is 2.96. The van der Waals surface area contributed by atoms with Crippen molar-refractivity contribution in [3.63, 3.8) is 0 Å². The SMILES string of the molecule is O=C(NC1=C(C2CCNCC2)N[C@@H](C(F)(F)F)C(Cc2ccc(-c3ccc(F)cc3)cc2)=C1F)c1ccnc(Cl)c1. The molecule has 41 heavy (non-hydrogen) atoms. The summed E-state index contributed by atoms with van der Waals surface area (Å²) in [5, 5.41) is 8.28. The minimum absolute atomic E-state index is 0.0234. The first kappa shape index (κ1) is 28.8. The molecule has 0 spiro atoms. The Kier molecular flexibility index (Phi) is 8.42. The van der Waals surface area contributed by atoms with Gasteiger partial charge in [-0.05, 0) is 73.3 Å². The van der Waals surface area contributed by atoms with E-state index in [4.69, 9.17) is 11.6 Å². The number of rotatable bonds is 6. The molecule has 1 saturated heterocycles. The van der Waals surface area contributed by atoms with Crippen molar-refractivity contribution < 1.29 is 26.7 Å². The molecule has 1 aromatic heterocycles. The number of amides is 1. The molecular formula is C30H26ClF5N4O. The second kappa shape index (κ2) is 12.0. The van der Waals surface area contributed by atoms with Crippen molar-refractivity contribution in [2.75, 3.05) is 13.1 Å². The highest BCUT2D eigenvalue weighted by Crippen LogP contribution is 2.39. The van der Waals surface area contributed by atoms with Gasteiger partial charge in [0.2, 0.25) is 0 Å². The van der Waals surface area contributed by atoms with E-state index >= 15 is 4.39 Å². The molecule has 1 fully saturated rings. The van der Waals surface area contributed by atoms with Gasteiger partial charge < -0.3 is 16.0 Å². The van der Waals surface area contributed by atoms with E-state index in [1.165, 1.54) is 30.5 Å². The standard InChI is InChI=1S/C30H26ClF5N4O/c31-24-16-21(11-14-38-24)29(41)40-27-25(33)23(28(30(34,35)36)39-26(27)20-9-12-37-13-10-20)15-17-1-3-18(4-2-17)19-5-7-22(32)8-6-19/h1-8,11,14,16,20,28,37,39H,9-10,12-13,15H2,(H,40,41)/t28-/m1/s1. The summed E-state index contributed by atoms with van der Waals surface area (Å²) in [5.41, 5.74) is 1.18. The Hall–Kier alpha value is -3.76. The molecule has 0 saturated carbocycles. The van der Waals surface area contributed by atoms with E-state index in [1.54, 1.807) is 36.4 Å². The van der Waals surface area contributed by atoms with Crippen LogP contribution in [0.25, 0.3) is 11.1 Å². The molecule has 5 rings (SSSR count). The van der Waals surface area contributed by atoms with Gasteiger partial charge in [0.1, 0.15) is 22.8 Å². The number of aromatic nitrogens is 1. The average molecular weight is 589 g/mol. The van der Waals surface area contributed by atoms with Crippen LogP contribution in [0.2, 0.25) is 5.15 Å². The molecule has 3 heterocycles. The Labute approximate surface area is 238 Å². The highest BCUT2D eigenvalue weighted by atomic mass is 35.5. The molecule has 214 valence electrons. The van der Waals surface area contributed by atoms with Gasteiger partial charge in [-0.3, -0.25) is 4.79 Å². The number of benzene rings is 2. The molecule has 0 unspecified atom stereocenters. The number of alkyl halides is 3. The number of allylic oxidation sites excluding steroid dienone is 2. The van der Waals surface area contributed by atoms with Crippen LogP contribution in [0.3, 0.4) is 0 Å². The first-order valence-electron chi connectivity index (χ1n) is 13.0. The van der Waals surface area contributed by atoms with Crippen LogP contribution in [0.4, 0.5) is 22.0 Å². The van der Waals surface area contributed by atoms with E-state index in [0.29, 0.717) is 31.5 Å². The van der Waals surface area contributed by atoms with Gasteiger partial charge in [0.25, 0.3) is 5.91 Å². The molecular weight excluding hydrogens is 563 g/mol. The fourth-order valence-electron chi connectivity index (χ4n) is 5.14. The fourth-order valence-corrected chi connectivity index (χ4v) is 5.31. The van der Waals surface area contributed by atoms with Gasteiger partial charge in [-0.1, -0.05) is 48.0 Å². The lowest BCUT2D eigenvalue weighted by Crippen LogP contribution is -2.50. The van der Waals surface area contributed by atoms with Crippen molar-refractivity contribution in [1.82, 2.24) is 20.9 Å². The van der Waals surface area contributed by atoms with E-state index in [-0.39, 0.29) is 34.3 Å².